The van der Waals surface area contributed by atoms with Crippen LogP contribution in [0.5, 0.6) is 0 Å². The highest BCUT2D eigenvalue weighted by Crippen LogP contribution is 2.57. The summed E-state index contributed by atoms with van der Waals surface area (Å²) in [5.74, 6) is 2.62. The lowest BCUT2D eigenvalue weighted by molar-refractivity contribution is -0.0778. The number of hydrogen-bond donors (Lipinski definition) is 0. The van der Waals surface area contributed by atoms with E-state index in [2.05, 4.69) is 32.6 Å². The van der Waals surface area contributed by atoms with Crippen LogP contribution in [0.1, 0.15) is 85.5 Å². The van der Waals surface area contributed by atoms with Crippen molar-refractivity contribution in [3.63, 3.8) is 0 Å². The lowest BCUT2D eigenvalue weighted by atomic mass is 9.54. The molecule has 4 rings (SSSR count). The van der Waals surface area contributed by atoms with Gasteiger partial charge < -0.3 is 9.64 Å². The Hall–Kier alpha value is -0.0800. The van der Waals surface area contributed by atoms with E-state index in [-0.39, 0.29) is 0 Å². The Morgan fingerprint density at radius 3 is 1.96 bits per heavy atom. The van der Waals surface area contributed by atoms with E-state index >= 15 is 0 Å². The average Bonchev–Trinajstić information content (AvgIpc) is 2.61. The maximum Gasteiger partial charge on any atom is 0.0522 e. The highest BCUT2D eigenvalue weighted by molar-refractivity contribution is 5.01. The number of likely N-dealkylation sites (tertiary alicyclic amines) is 1. The molecule has 0 spiro atoms. The molecule has 4 aliphatic rings. The van der Waals surface area contributed by atoms with Crippen molar-refractivity contribution in [1.82, 2.24) is 4.90 Å². The van der Waals surface area contributed by atoms with Gasteiger partial charge in [-0.25, -0.2) is 0 Å². The summed E-state index contributed by atoms with van der Waals surface area (Å²) >= 11 is 0. The Morgan fingerprint density at radius 2 is 1.44 bits per heavy atom. The van der Waals surface area contributed by atoms with Crippen molar-refractivity contribution in [2.24, 2.45) is 28.6 Å². The molecule has 0 aromatic carbocycles. The first kappa shape index (κ1) is 19.7. The van der Waals surface area contributed by atoms with Crippen LogP contribution in [0.25, 0.3) is 0 Å². The second-order valence-electron chi connectivity index (χ2n) is 10.6. The maximum atomic E-state index is 6.11. The molecular formula is C23H43NO. The Morgan fingerprint density at radius 1 is 0.880 bits per heavy atom. The molecule has 2 bridgehead atoms. The molecule has 0 N–H and O–H groups in total. The molecule has 3 saturated carbocycles. The molecule has 146 valence electrons. The second kappa shape index (κ2) is 8.30. The standard InChI is InChI=1S/C23H43NO/c1-19(2)7-16-25-18-23-11-8-22(9-12-23,10-13-23)17-24-14-5-21(6-15-24)20(3)4/h19-21H,5-18H2,1-4H3. The van der Waals surface area contributed by atoms with E-state index < -0.39 is 0 Å². The minimum atomic E-state index is 0.545. The van der Waals surface area contributed by atoms with E-state index in [1.807, 2.05) is 0 Å². The van der Waals surface area contributed by atoms with Gasteiger partial charge in [-0.2, -0.15) is 0 Å². The first-order chi connectivity index (χ1) is 11.9. The normalized spacial score (nSPS) is 34.3. The van der Waals surface area contributed by atoms with Crippen LogP contribution in [0.3, 0.4) is 0 Å². The molecule has 1 aliphatic heterocycles. The molecule has 3 aliphatic carbocycles. The fraction of sp³-hybridized carbons (Fsp3) is 1.00. The van der Waals surface area contributed by atoms with Crippen LogP contribution in [-0.4, -0.2) is 37.7 Å². The molecule has 2 nitrogen and oxygen atoms in total. The summed E-state index contributed by atoms with van der Waals surface area (Å²) < 4.78 is 6.11. The van der Waals surface area contributed by atoms with Gasteiger partial charge in [0.05, 0.1) is 6.61 Å². The van der Waals surface area contributed by atoms with Gasteiger partial charge in [-0.15, -0.1) is 0 Å². The topological polar surface area (TPSA) is 12.5 Å². The smallest absolute Gasteiger partial charge is 0.0522 e. The predicted molar refractivity (Wildman–Crippen MR) is 107 cm³/mol. The van der Waals surface area contributed by atoms with Crippen molar-refractivity contribution in [3.05, 3.63) is 0 Å². The largest absolute Gasteiger partial charge is 0.381 e. The van der Waals surface area contributed by atoms with Crippen LogP contribution >= 0.6 is 0 Å². The highest BCUT2D eigenvalue weighted by Gasteiger charge is 2.49. The number of nitrogens with zero attached hydrogens (tertiary/aromatic N) is 1. The van der Waals surface area contributed by atoms with Gasteiger partial charge in [0, 0.05) is 13.2 Å². The van der Waals surface area contributed by atoms with Gasteiger partial charge in [0.15, 0.2) is 0 Å². The minimum Gasteiger partial charge on any atom is -0.381 e. The lowest BCUT2D eigenvalue weighted by Crippen LogP contribution is -2.50. The first-order valence-corrected chi connectivity index (χ1v) is 11.2. The van der Waals surface area contributed by atoms with Gasteiger partial charge in [-0.1, -0.05) is 27.7 Å². The summed E-state index contributed by atoms with van der Waals surface area (Å²) in [4.78, 5) is 2.82. The molecule has 0 amide bonds. The van der Waals surface area contributed by atoms with Crippen molar-refractivity contribution in [2.45, 2.75) is 85.5 Å². The Balaban J connectivity index is 1.42. The summed E-state index contributed by atoms with van der Waals surface area (Å²) in [6.07, 6.45) is 12.8. The maximum absolute atomic E-state index is 6.11. The Bertz CT molecular complexity index is 384. The zero-order valence-corrected chi connectivity index (χ0v) is 17.5. The third-order valence-corrected chi connectivity index (χ3v) is 7.94. The molecule has 1 heterocycles. The van der Waals surface area contributed by atoms with Gasteiger partial charge in [0.25, 0.3) is 0 Å². The van der Waals surface area contributed by atoms with E-state index in [0.717, 1.165) is 31.0 Å². The molecule has 1 saturated heterocycles. The fourth-order valence-electron chi connectivity index (χ4n) is 5.65. The monoisotopic (exact) mass is 349 g/mol. The molecule has 4 fully saturated rings. The van der Waals surface area contributed by atoms with Gasteiger partial charge in [-0.05, 0) is 99.5 Å². The van der Waals surface area contributed by atoms with Gasteiger partial charge in [-0.3, -0.25) is 0 Å². The van der Waals surface area contributed by atoms with E-state index in [0.29, 0.717) is 10.8 Å². The molecule has 25 heavy (non-hydrogen) atoms. The van der Waals surface area contributed by atoms with E-state index in [4.69, 9.17) is 4.74 Å². The van der Waals surface area contributed by atoms with Crippen LogP contribution in [-0.2, 0) is 4.74 Å². The number of ether oxygens (including phenoxy) is 1. The van der Waals surface area contributed by atoms with Crippen LogP contribution in [0.2, 0.25) is 0 Å². The van der Waals surface area contributed by atoms with Crippen molar-refractivity contribution >= 4 is 0 Å². The van der Waals surface area contributed by atoms with E-state index in [1.54, 1.807) is 0 Å². The van der Waals surface area contributed by atoms with Crippen LogP contribution < -0.4 is 0 Å². The molecule has 0 aromatic rings. The summed E-state index contributed by atoms with van der Waals surface area (Å²) in [6, 6.07) is 0. The van der Waals surface area contributed by atoms with Crippen LogP contribution in [0.4, 0.5) is 0 Å². The van der Waals surface area contributed by atoms with Crippen molar-refractivity contribution in [1.29, 1.82) is 0 Å². The number of rotatable bonds is 8. The van der Waals surface area contributed by atoms with Crippen molar-refractivity contribution < 1.29 is 4.74 Å². The lowest BCUT2D eigenvalue weighted by Gasteiger charge is -2.55. The van der Waals surface area contributed by atoms with E-state index in [1.165, 1.54) is 77.4 Å². The predicted octanol–water partition coefficient (Wildman–Crippen LogP) is 5.76. The van der Waals surface area contributed by atoms with Crippen LogP contribution in [0, 0.1) is 28.6 Å². The van der Waals surface area contributed by atoms with Gasteiger partial charge >= 0.3 is 0 Å². The zero-order valence-electron chi connectivity index (χ0n) is 17.5. The number of hydrogen-bond acceptors (Lipinski definition) is 2. The molecule has 0 radical (unpaired) electrons. The van der Waals surface area contributed by atoms with Gasteiger partial charge in [0.2, 0.25) is 0 Å². The summed E-state index contributed by atoms with van der Waals surface area (Å²) in [6.45, 7) is 15.5. The van der Waals surface area contributed by atoms with Crippen molar-refractivity contribution in [2.75, 3.05) is 32.8 Å². The number of fused-ring (bicyclic) bond motifs is 3. The molecule has 2 heteroatoms. The Labute approximate surface area is 157 Å². The zero-order chi connectivity index (χ0) is 17.9. The highest BCUT2D eigenvalue weighted by atomic mass is 16.5. The third-order valence-electron chi connectivity index (χ3n) is 7.94. The molecule has 0 aromatic heterocycles. The van der Waals surface area contributed by atoms with Crippen molar-refractivity contribution in [3.8, 4) is 0 Å². The first-order valence-electron chi connectivity index (χ1n) is 11.2. The van der Waals surface area contributed by atoms with Crippen LogP contribution in [0.15, 0.2) is 0 Å². The average molecular weight is 350 g/mol. The van der Waals surface area contributed by atoms with Gasteiger partial charge in [0.1, 0.15) is 0 Å². The Kier molecular flexibility index (Phi) is 6.53. The quantitative estimate of drug-likeness (QED) is 0.517. The minimum absolute atomic E-state index is 0.545. The number of piperidine rings is 1. The fourth-order valence-corrected chi connectivity index (χ4v) is 5.65. The molecule has 0 atom stereocenters. The summed E-state index contributed by atoms with van der Waals surface area (Å²) in [5.41, 5.74) is 1.20. The second-order valence-corrected chi connectivity index (χ2v) is 10.6. The summed E-state index contributed by atoms with van der Waals surface area (Å²) in [5, 5.41) is 0. The van der Waals surface area contributed by atoms with E-state index in [9.17, 15) is 0 Å². The third kappa shape index (κ3) is 5.01. The summed E-state index contributed by atoms with van der Waals surface area (Å²) in [7, 11) is 0. The SMILES string of the molecule is CC(C)CCOCC12CCC(CN3CCC(C(C)C)CC3)(CC1)CC2. The molecule has 0 unspecified atom stereocenters. The molecular weight excluding hydrogens is 306 g/mol.